The molecule has 0 aliphatic heterocycles. The summed E-state index contributed by atoms with van der Waals surface area (Å²) in [5.41, 5.74) is 5.04. The van der Waals surface area contributed by atoms with E-state index in [2.05, 4.69) is 26.2 Å². The number of carbonyl (C=O) groups excluding carboxylic acids is 1. The average Bonchev–Trinajstić information content (AvgIpc) is 2.26. The highest BCUT2D eigenvalue weighted by Gasteiger charge is 2.27. The number of hydrogen-bond donors (Lipinski definition) is 2. The number of nitrogens with two attached hydrogens (primary N) is 1. The van der Waals surface area contributed by atoms with Crippen molar-refractivity contribution in [1.29, 1.82) is 0 Å². The molecule has 0 radical (unpaired) electrons. The predicted molar refractivity (Wildman–Crippen MR) is 72.8 cm³/mol. The molecule has 1 aromatic rings. The molecule has 3 N–H and O–H groups in total. The fraction of sp³-hybridized carbons (Fsp3) is 0.333. The molecule has 1 aromatic heterocycles. The van der Waals surface area contributed by atoms with Crippen molar-refractivity contribution in [3.63, 3.8) is 0 Å². The summed E-state index contributed by atoms with van der Waals surface area (Å²) in [4.78, 5) is 15.2. The van der Waals surface area contributed by atoms with E-state index in [0.717, 1.165) is 0 Å². The number of nitrogens with one attached hydrogen (secondary N) is 1. The lowest BCUT2D eigenvalue weighted by molar-refractivity contribution is 0.0118. The zero-order chi connectivity index (χ0) is 12.2. The topological polar surface area (TPSA) is 68.0 Å². The van der Waals surface area contributed by atoms with E-state index in [1.807, 2.05) is 0 Å². The molecule has 0 bridgehead atoms. The van der Waals surface area contributed by atoms with Gasteiger partial charge in [-0.1, -0.05) is 0 Å². The number of halogens is 5. The van der Waals surface area contributed by atoms with Gasteiger partial charge >= 0.3 is 0 Å². The fourth-order valence-electron chi connectivity index (χ4n) is 0.920. The molecule has 0 saturated heterocycles. The van der Waals surface area contributed by atoms with Gasteiger partial charge in [0, 0.05) is 16.9 Å². The largest absolute Gasteiger partial charge is 0.346 e. The maximum Gasteiger partial charge on any atom is 0.277 e. The average molecular weight is 367 g/mol. The van der Waals surface area contributed by atoms with E-state index in [0.29, 0.717) is 4.47 Å². The third kappa shape index (κ3) is 6.44. The van der Waals surface area contributed by atoms with Crippen molar-refractivity contribution in [2.75, 3.05) is 13.1 Å². The van der Waals surface area contributed by atoms with Gasteiger partial charge in [-0.15, -0.1) is 24.8 Å². The van der Waals surface area contributed by atoms with Crippen LogP contribution < -0.4 is 11.1 Å². The van der Waals surface area contributed by atoms with Crippen LogP contribution in [-0.2, 0) is 0 Å². The van der Waals surface area contributed by atoms with Crippen LogP contribution in [0.3, 0.4) is 0 Å². The van der Waals surface area contributed by atoms with Gasteiger partial charge in [-0.2, -0.15) is 0 Å². The number of carbonyl (C=O) groups is 1. The molecule has 0 aliphatic carbocycles. The zero-order valence-electron chi connectivity index (χ0n) is 9.03. The standard InChI is InChI=1S/C9H10BrF2N3O.2ClH/c10-7-1-6(2-14-3-7)8(16)15-5-9(11,12)4-13;;/h1-3H,4-5,13H2,(H,15,16);2*1H. The summed E-state index contributed by atoms with van der Waals surface area (Å²) >= 11 is 3.12. The van der Waals surface area contributed by atoms with Gasteiger partial charge in [0.1, 0.15) is 0 Å². The van der Waals surface area contributed by atoms with Crippen molar-refractivity contribution in [2.24, 2.45) is 5.73 Å². The van der Waals surface area contributed by atoms with Crippen molar-refractivity contribution in [1.82, 2.24) is 10.3 Å². The number of amides is 1. The molecule has 1 rings (SSSR count). The summed E-state index contributed by atoms with van der Waals surface area (Å²) in [6.07, 6.45) is 2.78. The van der Waals surface area contributed by atoms with Crippen molar-refractivity contribution in [3.05, 3.63) is 28.5 Å². The summed E-state index contributed by atoms with van der Waals surface area (Å²) in [6.45, 7) is -1.58. The molecule has 0 fully saturated rings. The van der Waals surface area contributed by atoms with Gasteiger partial charge in [0.2, 0.25) is 0 Å². The first-order valence-electron chi connectivity index (χ1n) is 4.41. The van der Waals surface area contributed by atoms with Crippen LogP contribution in [0.15, 0.2) is 22.9 Å². The molecule has 104 valence electrons. The lowest BCUT2D eigenvalue weighted by atomic mass is 10.2. The minimum absolute atomic E-state index is 0. The third-order valence-corrected chi connectivity index (χ3v) is 2.21. The molecule has 0 aliphatic rings. The van der Waals surface area contributed by atoms with E-state index in [9.17, 15) is 13.6 Å². The second-order valence-electron chi connectivity index (χ2n) is 3.13. The highest BCUT2D eigenvalue weighted by molar-refractivity contribution is 9.10. The Morgan fingerprint density at radius 1 is 1.44 bits per heavy atom. The molecule has 1 heterocycles. The van der Waals surface area contributed by atoms with Crippen LogP contribution in [0, 0.1) is 0 Å². The predicted octanol–water partition coefficient (Wildman–Crippen LogP) is 2.01. The van der Waals surface area contributed by atoms with Crippen LogP contribution in [0.5, 0.6) is 0 Å². The number of alkyl halides is 2. The molecule has 0 spiro atoms. The molecule has 1 amide bonds. The van der Waals surface area contributed by atoms with Gasteiger partial charge in [0.15, 0.2) is 0 Å². The number of pyridine rings is 1. The number of hydrogen-bond acceptors (Lipinski definition) is 3. The van der Waals surface area contributed by atoms with Gasteiger partial charge in [0.05, 0.1) is 18.7 Å². The van der Waals surface area contributed by atoms with Gasteiger partial charge < -0.3 is 11.1 Å². The second kappa shape index (κ2) is 8.58. The fourth-order valence-corrected chi connectivity index (χ4v) is 1.28. The Hall–Kier alpha value is -0.500. The second-order valence-corrected chi connectivity index (χ2v) is 4.05. The van der Waals surface area contributed by atoms with Gasteiger partial charge in [-0.3, -0.25) is 9.78 Å². The molecular formula is C9H12BrCl2F2N3O. The Morgan fingerprint density at radius 2 is 2.06 bits per heavy atom. The molecule has 9 heteroatoms. The summed E-state index contributed by atoms with van der Waals surface area (Å²) in [5.74, 6) is -3.70. The van der Waals surface area contributed by atoms with Crippen LogP contribution >= 0.6 is 40.7 Å². The van der Waals surface area contributed by atoms with Crippen LogP contribution in [0.1, 0.15) is 10.4 Å². The smallest absolute Gasteiger partial charge is 0.277 e. The van der Waals surface area contributed by atoms with E-state index in [-0.39, 0.29) is 30.4 Å². The maximum absolute atomic E-state index is 12.7. The Labute approximate surface area is 124 Å². The van der Waals surface area contributed by atoms with E-state index in [1.165, 1.54) is 18.5 Å². The number of rotatable bonds is 4. The van der Waals surface area contributed by atoms with Crippen molar-refractivity contribution >= 4 is 46.7 Å². The van der Waals surface area contributed by atoms with Crippen molar-refractivity contribution < 1.29 is 13.6 Å². The SMILES string of the molecule is Cl.Cl.NCC(F)(F)CNC(=O)c1cncc(Br)c1. The number of nitrogens with zero attached hydrogens (tertiary/aromatic N) is 1. The van der Waals surface area contributed by atoms with Gasteiger partial charge in [-0.05, 0) is 22.0 Å². The maximum atomic E-state index is 12.7. The monoisotopic (exact) mass is 365 g/mol. The van der Waals surface area contributed by atoms with Crippen molar-refractivity contribution in [3.8, 4) is 0 Å². The van der Waals surface area contributed by atoms with Crippen LogP contribution in [0.2, 0.25) is 0 Å². The minimum Gasteiger partial charge on any atom is -0.346 e. The summed E-state index contributed by atoms with van der Waals surface area (Å²) in [7, 11) is 0. The summed E-state index contributed by atoms with van der Waals surface area (Å²) in [5, 5.41) is 2.09. The first-order valence-corrected chi connectivity index (χ1v) is 5.20. The quantitative estimate of drug-likeness (QED) is 0.856. The lowest BCUT2D eigenvalue weighted by Crippen LogP contribution is -2.41. The molecule has 4 nitrogen and oxygen atoms in total. The molecule has 0 saturated carbocycles. The molecule has 18 heavy (non-hydrogen) atoms. The Balaban J connectivity index is 0. The summed E-state index contributed by atoms with van der Waals surface area (Å²) in [6, 6.07) is 1.49. The van der Waals surface area contributed by atoms with Crippen LogP contribution in [0.25, 0.3) is 0 Å². The first-order chi connectivity index (χ1) is 7.44. The molecular weight excluding hydrogens is 355 g/mol. The zero-order valence-corrected chi connectivity index (χ0v) is 12.2. The highest BCUT2D eigenvalue weighted by atomic mass is 79.9. The first kappa shape index (κ1) is 19.8. The van der Waals surface area contributed by atoms with E-state index < -0.39 is 24.9 Å². The van der Waals surface area contributed by atoms with E-state index in [4.69, 9.17) is 5.73 Å². The van der Waals surface area contributed by atoms with E-state index >= 15 is 0 Å². The Morgan fingerprint density at radius 3 is 2.56 bits per heavy atom. The third-order valence-electron chi connectivity index (χ3n) is 1.77. The van der Waals surface area contributed by atoms with Gasteiger partial charge in [-0.25, -0.2) is 8.78 Å². The van der Waals surface area contributed by atoms with E-state index in [1.54, 1.807) is 0 Å². The molecule has 0 atom stereocenters. The van der Waals surface area contributed by atoms with Crippen LogP contribution in [-0.4, -0.2) is 29.9 Å². The minimum atomic E-state index is -3.09. The highest BCUT2D eigenvalue weighted by Crippen LogP contribution is 2.11. The molecule has 0 unspecified atom stereocenters. The lowest BCUT2D eigenvalue weighted by Gasteiger charge is -2.14. The number of aromatic nitrogens is 1. The van der Waals surface area contributed by atoms with Crippen LogP contribution in [0.4, 0.5) is 8.78 Å². The van der Waals surface area contributed by atoms with Gasteiger partial charge in [0.25, 0.3) is 11.8 Å². The Bertz CT molecular complexity index is 396. The van der Waals surface area contributed by atoms with Crippen molar-refractivity contribution in [2.45, 2.75) is 5.92 Å². The normalized spacial score (nSPS) is 10.0. The Kier molecular flexibility index (Phi) is 9.45. The molecule has 0 aromatic carbocycles. The summed E-state index contributed by atoms with van der Waals surface area (Å²) < 4.78 is 26.1.